The summed E-state index contributed by atoms with van der Waals surface area (Å²) < 4.78 is 34.9. The van der Waals surface area contributed by atoms with Gasteiger partial charge in [0, 0.05) is 48.2 Å². The number of amides is 1. The Morgan fingerprint density at radius 2 is 1.80 bits per heavy atom. The molecule has 3 atom stereocenters. The van der Waals surface area contributed by atoms with Gasteiger partial charge in [0.1, 0.15) is 21.1 Å². The molecule has 8 rings (SSSR count). The average Bonchev–Trinajstić information content (AvgIpc) is 3.37. The number of aromatic nitrogens is 3. The van der Waals surface area contributed by atoms with Gasteiger partial charge in [-0.1, -0.05) is 18.2 Å². The first kappa shape index (κ1) is 28.1. The maximum absolute atomic E-state index is 13.9. The quantitative estimate of drug-likeness (QED) is 0.303. The highest BCUT2D eigenvalue weighted by molar-refractivity contribution is 7.91. The zero-order valence-corrected chi connectivity index (χ0v) is 26.1. The fourth-order valence-corrected chi connectivity index (χ4v) is 9.65. The van der Waals surface area contributed by atoms with Crippen molar-refractivity contribution >= 4 is 37.7 Å². The van der Waals surface area contributed by atoms with Gasteiger partial charge in [-0.15, -0.1) is 0 Å². The Labute approximate surface area is 258 Å². The molecule has 0 radical (unpaired) electrons. The first-order chi connectivity index (χ1) is 21.3. The van der Waals surface area contributed by atoms with E-state index in [-0.39, 0.29) is 29.5 Å². The predicted octanol–water partition coefficient (Wildman–Crippen LogP) is 4.85. The van der Waals surface area contributed by atoms with Crippen molar-refractivity contribution in [2.75, 3.05) is 25.2 Å². The Kier molecular flexibility index (Phi) is 6.79. The third-order valence-electron chi connectivity index (χ3n) is 10.8. The normalized spacial score (nSPS) is 25.0. The number of benzene rings is 2. The summed E-state index contributed by atoms with van der Waals surface area (Å²) in [7, 11) is -1.27. The molecule has 2 aromatic carbocycles. The van der Waals surface area contributed by atoms with Crippen molar-refractivity contribution in [2.24, 2.45) is 23.5 Å². The van der Waals surface area contributed by atoms with Gasteiger partial charge in [-0.25, -0.2) is 13.4 Å². The summed E-state index contributed by atoms with van der Waals surface area (Å²) in [4.78, 5) is 21.1. The van der Waals surface area contributed by atoms with Crippen molar-refractivity contribution in [3.63, 3.8) is 0 Å². The van der Waals surface area contributed by atoms with Crippen LogP contribution >= 0.6 is 0 Å². The number of imidazole rings is 1. The zero-order valence-electron chi connectivity index (χ0n) is 25.3. The van der Waals surface area contributed by atoms with E-state index >= 15 is 0 Å². The SMILES string of the molecule is COc1cc(C(=O)N2CC3CCC2[C@@H]3N)cc2nc(-c3cc4ccccc4n3CC3CC3)n(CCC3CCS(=O)(=O)CC3)c12. The molecule has 2 aromatic heterocycles. The Morgan fingerprint density at radius 3 is 2.50 bits per heavy atom. The lowest BCUT2D eigenvalue weighted by atomic mass is 9.99. The molecule has 2 N–H and O–H groups in total. The van der Waals surface area contributed by atoms with Gasteiger partial charge in [0.25, 0.3) is 5.91 Å². The number of piperidine rings is 1. The number of hydrogen-bond acceptors (Lipinski definition) is 6. The summed E-state index contributed by atoms with van der Waals surface area (Å²) in [6, 6.07) is 14.7. The highest BCUT2D eigenvalue weighted by atomic mass is 32.2. The van der Waals surface area contributed by atoms with Gasteiger partial charge in [-0.2, -0.15) is 0 Å². The van der Waals surface area contributed by atoms with Crippen molar-refractivity contribution in [3.8, 4) is 17.3 Å². The van der Waals surface area contributed by atoms with E-state index in [0.29, 0.717) is 55.0 Å². The van der Waals surface area contributed by atoms with E-state index in [1.165, 1.54) is 23.7 Å². The lowest BCUT2D eigenvalue weighted by Crippen LogP contribution is -2.41. The van der Waals surface area contributed by atoms with E-state index in [1.54, 1.807) is 7.11 Å². The van der Waals surface area contributed by atoms with E-state index in [2.05, 4.69) is 39.5 Å². The number of sulfone groups is 1. The smallest absolute Gasteiger partial charge is 0.254 e. The second-order valence-electron chi connectivity index (χ2n) is 13.6. The maximum Gasteiger partial charge on any atom is 0.254 e. The highest BCUT2D eigenvalue weighted by Gasteiger charge is 2.47. The Hall–Kier alpha value is -3.37. The molecule has 232 valence electrons. The molecule has 9 nitrogen and oxygen atoms in total. The third-order valence-corrected chi connectivity index (χ3v) is 12.5. The predicted molar refractivity (Wildman–Crippen MR) is 171 cm³/mol. The van der Waals surface area contributed by atoms with Crippen LogP contribution in [0.25, 0.3) is 33.5 Å². The molecule has 4 aromatic rings. The molecule has 4 fully saturated rings. The number of fused-ring (bicyclic) bond motifs is 4. The summed E-state index contributed by atoms with van der Waals surface area (Å²) in [6.45, 7) is 2.35. The van der Waals surface area contributed by atoms with E-state index in [1.807, 2.05) is 17.0 Å². The lowest BCUT2D eigenvalue weighted by Gasteiger charge is -2.27. The average molecular weight is 616 g/mol. The van der Waals surface area contributed by atoms with Crippen LogP contribution in [0.3, 0.4) is 0 Å². The molecule has 2 aliphatic carbocycles. The topological polar surface area (TPSA) is 112 Å². The van der Waals surface area contributed by atoms with Crippen molar-refractivity contribution in [1.29, 1.82) is 0 Å². The van der Waals surface area contributed by atoms with Crippen LogP contribution in [0.4, 0.5) is 0 Å². The molecule has 2 bridgehead atoms. The van der Waals surface area contributed by atoms with Gasteiger partial charge >= 0.3 is 0 Å². The van der Waals surface area contributed by atoms with Crippen LogP contribution in [0, 0.1) is 17.8 Å². The summed E-state index contributed by atoms with van der Waals surface area (Å²) in [6.07, 6.45) is 6.79. The minimum Gasteiger partial charge on any atom is -0.494 e. The Morgan fingerprint density at radius 1 is 1.00 bits per heavy atom. The molecule has 2 saturated carbocycles. The van der Waals surface area contributed by atoms with Crippen molar-refractivity contribution in [3.05, 3.63) is 48.0 Å². The molecule has 10 heteroatoms. The molecule has 2 saturated heterocycles. The summed E-state index contributed by atoms with van der Waals surface area (Å²) in [5.74, 6) is 3.41. The minimum absolute atomic E-state index is 0.00443. The van der Waals surface area contributed by atoms with Crippen LogP contribution in [0.5, 0.6) is 5.75 Å². The second kappa shape index (κ2) is 10.6. The molecule has 0 spiro atoms. The fraction of sp³-hybridized carbons (Fsp3) is 0.529. The zero-order chi connectivity index (χ0) is 30.2. The number of rotatable bonds is 8. The van der Waals surface area contributed by atoms with Crippen molar-refractivity contribution < 1.29 is 17.9 Å². The Bertz CT molecular complexity index is 1860. The maximum atomic E-state index is 13.9. The van der Waals surface area contributed by atoms with E-state index in [4.69, 9.17) is 15.5 Å². The first-order valence-corrected chi connectivity index (χ1v) is 18.1. The molecule has 2 aliphatic heterocycles. The van der Waals surface area contributed by atoms with Gasteiger partial charge < -0.3 is 24.5 Å². The number of nitrogens with zero attached hydrogens (tertiary/aromatic N) is 4. The number of likely N-dealkylation sites (tertiary alicyclic amines) is 1. The standard InChI is InChI=1S/C34H41N5O4S/c1-43-30-18-25(34(40)39-20-24-8-9-28(39)31(24)35)16-26-32(30)37(13-10-21-11-14-44(41,42)15-12-21)33(36-26)29-17-23-4-2-3-5-27(23)38(29)19-22-6-7-22/h2-5,16-18,21-22,24,28,31H,6-15,19-20,35H2,1H3/t24?,28?,31-/m1/s1. The largest absolute Gasteiger partial charge is 0.494 e. The highest BCUT2D eigenvalue weighted by Crippen LogP contribution is 2.41. The number of hydrogen-bond donors (Lipinski definition) is 1. The lowest BCUT2D eigenvalue weighted by molar-refractivity contribution is 0.0700. The van der Waals surface area contributed by atoms with E-state index < -0.39 is 9.84 Å². The van der Waals surface area contributed by atoms with Crippen LogP contribution in [-0.4, -0.2) is 70.6 Å². The minimum atomic E-state index is -2.92. The number of ether oxygens (including phenoxy) is 1. The fourth-order valence-electron chi connectivity index (χ4n) is 8.06. The third kappa shape index (κ3) is 4.81. The number of para-hydroxylation sites is 1. The van der Waals surface area contributed by atoms with Gasteiger partial charge in [0.2, 0.25) is 0 Å². The molecule has 44 heavy (non-hydrogen) atoms. The van der Waals surface area contributed by atoms with Crippen LogP contribution in [0.15, 0.2) is 42.5 Å². The van der Waals surface area contributed by atoms with E-state index in [0.717, 1.165) is 48.4 Å². The molecule has 4 heterocycles. The van der Waals surface area contributed by atoms with Crippen LogP contribution in [-0.2, 0) is 22.9 Å². The molecule has 4 aliphatic rings. The van der Waals surface area contributed by atoms with Gasteiger partial charge in [-0.05, 0) is 87.0 Å². The molecule has 2 unspecified atom stereocenters. The van der Waals surface area contributed by atoms with Crippen molar-refractivity contribution in [1.82, 2.24) is 19.0 Å². The van der Waals surface area contributed by atoms with Crippen LogP contribution in [0.1, 0.15) is 55.3 Å². The number of methoxy groups -OCH3 is 1. The van der Waals surface area contributed by atoms with Gasteiger partial charge in [-0.3, -0.25) is 4.79 Å². The molecule has 1 amide bonds. The molecular weight excluding hydrogens is 574 g/mol. The van der Waals surface area contributed by atoms with Crippen LogP contribution < -0.4 is 10.5 Å². The number of carbonyl (C=O) groups is 1. The van der Waals surface area contributed by atoms with E-state index in [9.17, 15) is 13.2 Å². The first-order valence-electron chi connectivity index (χ1n) is 16.2. The molecular formula is C34H41N5O4S. The monoisotopic (exact) mass is 615 g/mol. The second-order valence-corrected chi connectivity index (χ2v) is 15.9. The van der Waals surface area contributed by atoms with Crippen molar-refractivity contribution in [2.45, 2.75) is 70.1 Å². The Balaban J connectivity index is 1.24. The summed E-state index contributed by atoms with van der Waals surface area (Å²) >= 11 is 0. The number of nitrogens with two attached hydrogens (primary N) is 1. The number of aryl methyl sites for hydroxylation is 1. The number of carbonyl (C=O) groups excluding carboxylic acids is 1. The van der Waals surface area contributed by atoms with Crippen LogP contribution in [0.2, 0.25) is 0 Å². The van der Waals surface area contributed by atoms with Gasteiger partial charge in [0.05, 0.1) is 29.8 Å². The van der Waals surface area contributed by atoms with Gasteiger partial charge in [0.15, 0.2) is 5.82 Å². The summed E-state index contributed by atoms with van der Waals surface area (Å²) in [5.41, 5.74) is 10.9. The summed E-state index contributed by atoms with van der Waals surface area (Å²) in [5, 5.41) is 1.18.